The van der Waals surface area contributed by atoms with Crippen LogP contribution in [0.1, 0.15) is 5.56 Å². The molecule has 3 N–H and O–H groups in total. The molecule has 0 saturated carbocycles. The van der Waals surface area contributed by atoms with Crippen LogP contribution in [0.25, 0.3) is 10.2 Å². The minimum atomic E-state index is -3.66. The van der Waals surface area contributed by atoms with E-state index in [1.54, 1.807) is 41.9 Å². The lowest BCUT2D eigenvalue weighted by molar-refractivity contribution is 0.601. The van der Waals surface area contributed by atoms with Crippen LogP contribution in [0.4, 0.5) is 5.69 Å². The van der Waals surface area contributed by atoms with Crippen LogP contribution in [0, 0.1) is 0 Å². The highest BCUT2D eigenvalue weighted by atomic mass is 79.9. The molecule has 8 heteroatoms. The van der Waals surface area contributed by atoms with Crippen molar-refractivity contribution in [3.8, 4) is 0 Å². The lowest BCUT2D eigenvalue weighted by Gasteiger charge is -2.11. The van der Waals surface area contributed by atoms with Gasteiger partial charge in [0, 0.05) is 11.0 Å². The molecule has 5 nitrogen and oxygen atoms in total. The van der Waals surface area contributed by atoms with Crippen LogP contribution in [0.2, 0.25) is 0 Å². The number of hydrogen-bond acceptors (Lipinski definition) is 5. The maximum atomic E-state index is 12.5. The Balaban J connectivity index is 1.96. The Labute approximate surface area is 140 Å². The van der Waals surface area contributed by atoms with Gasteiger partial charge in [-0.25, -0.2) is 13.4 Å². The summed E-state index contributed by atoms with van der Waals surface area (Å²) in [5.74, 6) is 0. The molecule has 0 atom stereocenters. The van der Waals surface area contributed by atoms with E-state index in [4.69, 9.17) is 5.73 Å². The molecule has 1 aromatic heterocycles. The van der Waals surface area contributed by atoms with Crippen molar-refractivity contribution in [2.45, 2.75) is 11.4 Å². The van der Waals surface area contributed by atoms with Gasteiger partial charge in [0.15, 0.2) is 0 Å². The Kier molecular flexibility index (Phi) is 4.18. The molecule has 1 heterocycles. The molecule has 3 rings (SSSR count). The van der Waals surface area contributed by atoms with E-state index < -0.39 is 10.0 Å². The van der Waals surface area contributed by atoms with Crippen molar-refractivity contribution in [1.82, 2.24) is 4.98 Å². The van der Waals surface area contributed by atoms with Crippen molar-refractivity contribution >= 4 is 53.2 Å². The van der Waals surface area contributed by atoms with Crippen molar-refractivity contribution in [3.05, 3.63) is 51.9 Å². The number of thiazole rings is 1. The fourth-order valence-electron chi connectivity index (χ4n) is 1.97. The molecule has 0 amide bonds. The van der Waals surface area contributed by atoms with Gasteiger partial charge in [0.25, 0.3) is 10.0 Å². The van der Waals surface area contributed by atoms with Gasteiger partial charge in [0.2, 0.25) is 0 Å². The second kappa shape index (κ2) is 5.96. The highest BCUT2D eigenvalue weighted by Gasteiger charge is 2.16. The van der Waals surface area contributed by atoms with Gasteiger partial charge in [-0.15, -0.1) is 11.3 Å². The first-order valence-corrected chi connectivity index (χ1v) is 9.50. The summed E-state index contributed by atoms with van der Waals surface area (Å²) in [5, 5.41) is 0. The zero-order valence-corrected chi connectivity index (χ0v) is 14.5. The third kappa shape index (κ3) is 3.00. The Morgan fingerprint density at radius 2 is 2.05 bits per heavy atom. The van der Waals surface area contributed by atoms with Gasteiger partial charge in [-0.3, -0.25) is 4.72 Å². The quantitative estimate of drug-likeness (QED) is 0.706. The molecule has 0 aliphatic rings. The first-order chi connectivity index (χ1) is 10.5. The van der Waals surface area contributed by atoms with Crippen LogP contribution in [0.5, 0.6) is 0 Å². The first-order valence-electron chi connectivity index (χ1n) is 6.34. The number of nitrogens with one attached hydrogen (secondary N) is 1. The maximum Gasteiger partial charge on any atom is 0.261 e. The Morgan fingerprint density at radius 3 is 2.77 bits per heavy atom. The van der Waals surface area contributed by atoms with Crippen molar-refractivity contribution in [2.75, 3.05) is 4.72 Å². The van der Waals surface area contributed by atoms with Gasteiger partial charge in [-0.05, 0) is 51.8 Å². The summed E-state index contributed by atoms with van der Waals surface area (Å²) < 4.78 is 29.1. The SMILES string of the molecule is NCc1ccc(NS(=O)(=O)c2ccc3ncsc3c2)c(Br)c1. The van der Waals surface area contributed by atoms with Crippen molar-refractivity contribution < 1.29 is 8.42 Å². The number of fused-ring (bicyclic) bond motifs is 1. The molecule has 22 heavy (non-hydrogen) atoms. The summed E-state index contributed by atoms with van der Waals surface area (Å²) in [6.07, 6.45) is 0. The van der Waals surface area contributed by atoms with Crippen LogP contribution in [0.15, 0.2) is 51.3 Å². The highest BCUT2D eigenvalue weighted by molar-refractivity contribution is 9.10. The standard InChI is InChI=1S/C14H12BrN3O2S2/c15-11-5-9(7-16)1-3-12(11)18-22(19,20)10-2-4-13-14(6-10)21-8-17-13/h1-6,8,18H,7,16H2. The van der Waals surface area contributed by atoms with Gasteiger partial charge in [0.1, 0.15) is 0 Å². The number of nitrogens with zero attached hydrogens (tertiary/aromatic N) is 1. The molecule has 0 unspecified atom stereocenters. The minimum absolute atomic E-state index is 0.207. The molecule has 114 valence electrons. The summed E-state index contributed by atoms with van der Waals surface area (Å²) in [6, 6.07) is 10.1. The fourth-order valence-corrected chi connectivity index (χ4v) is 4.53. The Morgan fingerprint density at radius 1 is 1.23 bits per heavy atom. The fraction of sp³-hybridized carbons (Fsp3) is 0.0714. The van der Waals surface area contributed by atoms with Gasteiger partial charge in [0.05, 0.1) is 26.3 Å². The van der Waals surface area contributed by atoms with E-state index in [1.165, 1.54) is 11.3 Å². The van der Waals surface area contributed by atoms with E-state index in [2.05, 4.69) is 25.6 Å². The molecule has 0 aliphatic heterocycles. The minimum Gasteiger partial charge on any atom is -0.326 e. The van der Waals surface area contributed by atoms with E-state index >= 15 is 0 Å². The average molecular weight is 398 g/mol. The number of nitrogens with two attached hydrogens (primary N) is 1. The maximum absolute atomic E-state index is 12.5. The smallest absolute Gasteiger partial charge is 0.261 e. The summed E-state index contributed by atoms with van der Waals surface area (Å²) in [4.78, 5) is 4.35. The normalized spacial score (nSPS) is 11.7. The van der Waals surface area contributed by atoms with Gasteiger partial charge in [-0.2, -0.15) is 0 Å². The number of rotatable bonds is 4. The van der Waals surface area contributed by atoms with Crippen molar-refractivity contribution in [1.29, 1.82) is 0 Å². The van der Waals surface area contributed by atoms with E-state index in [0.717, 1.165) is 15.8 Å². The topological polar surface area (TPSA) is 85.1 Å². The molecule has 0 radical (unpaired) electrons. The van der Waals surface area contributed by atoms with Crippen LogP contribution in [-0.2, 0) is 16.6 Å². The molecular weight excluding hydrogens is 386 g/mol. The lowest BCUT2D eigenvalue weighted by atomic mass is 10.2. The van der Waals surface area contributed by atoms with Crippen LogP contribution in [0.3, 0.4) is 0 Å². The summed E-state index contributed by atoms with van der Waals surface area (Å²) in [7, 11) is -3.66. The van der Waals surface area contributed by atoms with Gasteiger partial charge in [-0.1, -0.05) is 6.07 Å². The Hall–Kier alpha value is -1.48. The second-order valence-corrected chi connectivity index (χ2v) is 8.03. The monoisotopic (exact) mass is 397 g/mol. The Bertz CT molecular complexity index is 938. The number of benzene rings is 2. The van der Waals surface area contributed by atoms with Gasteiger partial charge >= 0.3 is 0 Å². The summed E-state index contributed by atoms with van der Waals surface area (Å²) in [5.41, 5.74) is 9.44. The zero-order valence-electron chi connectivity index (χ0n) is 11.3. The molecule has 0 bridgehead atoms. The van der Waals surface area contributed by atoms with Crippen LogP contribution < -0.4 is 10.5 Å². The predicted octanol–water partition coefficient (Wildman–Crippen LogP) is 3.32. The number of anilines is 1. The third-order valence-electron chi connectivity index (χ3n) is 3.13. The van der Waals surface area contributed by atoms with Crippen LogP contribution >= 0.6 is 27.3 Å². The lowest BCUT2D eigenvalue weighted by Crippen LogP contribution is -2.13. The number of hydrogen-bond donors (Lipinski definition) is 2. The molecule has 0 saturated heterocycles. The van der Waals surface area contributed by atoms with Gasteiger partial charge < -0.3 is 5.73 Å². The second-order valence-electron chi connectivity index (χ2n) is 4.61. The molecule has 2 aromatic carbocycles. The van der Waals surface area contributed by atoms with Crippen molar-refractivity contribution in [2.24, 2.45) is 5.73 Å². The third-order valence-corrected chi connectivity index (χ3v) is 5.94. The zero-order chi connectivity index (χ0) is 15.7. The average Bonchev–Trinajstić information content (AvgIpc) is 2.96. The van der Waals surface area contributed by atoms with Crippen molar-refractivity contribution in [3.63, 3.8) is 0 Å². The molecule has 3 aromatic rings. The predicted molar refractivity (Wildman–Crippen MR) is 92.5 cm³/mol. The van der Waals surface area contributed by atoms with Crippen LogP contribution in [-0.4, -0.2) is 13.4 Å². The molecule has 0 fully saturated rings. The number of sulfonamides is 1. The summed E-state index contributed by atoms with van der Waals surface area (Å²) in [6.45, 7) is 0.397. The van der Waals surface area contributed by atoms with E-state index in [-0.39, 0.29) is 4.90 Å². The van der Waals surface area contributed by atoms with E-state index in [0.29, 0.717) is 16.7 Å². The molecular formula is C14H12BrN3O2S2. The molecule has 0 spiro atoms. The largest absolute Gasteiger partial charge is 0.326 e. The summed E-state index contributed by atoms with van der Waals surface area (Å²) >= 11 is 4.76. The number of aromatic nitrogens is 1. The van der Waals surface area contributed by atoms with E-state index in [1.807, 2.05) is 0 Å². The molecule has 0 aliphatic carbocycles. The first kappa shape index (κ1) is 15.4. The van der Waals surface area contributed by atoms with E-state index in [9.17, 15) is 8.42 Å². The number of halogens is 1. The highest BCUT2D eigenvalue weighted by Crippen LogP contribution is 2.28.